The normalized spacial score (nSPS) is 16.2. The molecule has 1 aliphatic rings. The second-order valence-electron chi connectivity index (χ2n) is 4.77. The SMILES string of the molecule is Cc1nc(-c2nc(Cl)c(Br)c(C3CCCC3)n2)cs1. The molecule has 0 bridgehead atoms. The summed E-state index contributed by atoms with van der Waals surface area (Å²) in [6, 6.07) is 0. The van der Waals surface area contributed by atoms with Crippen molar-refractivity contribution in [1.82, 2.24) is 15.0 Å². The first kappa shape index (κ1) is 13.5. The van der Waals surface area contributed by atoms with Gasteiger partial charge in [-0.1, -0.05) is 24.4 Å². The third-order valence-electron chi connectivity index (χ3n) is 3.43. The molecule has 1 fully saturated rings. The van der Waals surface area contributed by atoms with Gasteiger partial charge in [0.2, 0.25) is 0 Å². The van der Waals surface area contributed by atoms with Crippen LogP contribution in [0.25, 0.3) is 11.5 Å². The fraction of sp³-hybridized carbons (Fsp3) is 0.462. The van der Waals surface area contributed by atoms with E-state index >= 15 is 0 Å². The number of halogens is 2. The van der Waals surface area contributed by atoms with Gasteiger partial charge in [-0.15, -0.1) is 11.3 Å². The van der Waals surface area contributed by atoms with Crippen LogP contribution in [0.4, 0.5) is 0 Å². The van der Waals surface area contributed by atoms with E-state index in [4.69, 9.17) is 16.6 Å². The molecular formula is C13H13BrClN3S. The molecule has 0 unspecified atom stereocenters. The summed E-state index contributed by atoms with van der Waals surface area (Å²) in [5, 5.41) is 3.48. The van der Waals surface area contributed by atoms with Crippen LogP contribution in [0.3, 0.4) is 0 Å². The maximum atomic E-state index is 6.23. The Kier molecular flexibility index (Phi) is 3.87. The highest BCUT2D eigenvalue weighted by atomic mass is 79.9. The molecule has 2 aromatic rings. The van der Waals surface area contributed by atoms with Crippen LogP contribution in [0.15, 0.2) is 9.85 Å². The number of aromatic nitrogens is 3. The van der Waals surface area contributed by atoms with Crippen molar-refractivity contribution in [2.24, 2.45) is 0 Å². The summed E-state index contributed by atoms with van der Waals surface area (Å²) in [4.78, 5) is 13.5. The van der Waals surface area contributed by atoms with Gasteiger partial charge in [-0.3, -0.25) is 0 Å². The summed E-state index contributed by atoms with van der Waals surface area (Å²) in [7, 11) is 0. The van der Waals surface area contributed by atoms with E-state index < -0.39 is 0 Å². The van der Waals surface area contributed by atoms with Gasteiger partial charge in [-0.2, -0.15) is 0 Å². The van der Waals surface area contributed by atoms with Crippen molar-refractivity contribution in [3.63, 3.8) is 0 Å². The molecule has 0 N–H and O–H groups in total. The zero-order valence-electron chi connectivity index (χ0n) is 10.5. The second kappa shape index (κ2) is 5.46. The van der Waals surface area contributed by atoms with Gasteiger partial charge < -0.3 is 0 Å². The van der Waals surface area contributed by atoms with Gasteiger partial charge in [0.15, 0.2) is 5.82 Å². The Hall–Kier alpha value is -0.520. The summed E-state index contributed by atoms with van der Waals surface area (Å²) < 4.78 is 0.844. The molecule has 1 saturated carbocycles. The predicted molar refractivity (Wildman–Crippen MR) is 81.8 cm³/mol. The summed E-state index contributed by atoms with van der Waals surface area (Å²) in [6.45, 7) is 1.98. The lowest BCUT2D eigenvalue weighted by Crippen LogP contribution is -2.03. The number of hydrogen-bond acceptors (Lipinski definition) is 4. The third kappa shape index (κ3) is 2.69. The van der Waals surface area contributed by atoms with Crippen LogP contribution in [-0.2, 0) is 0 Å². The number of hydrogen-bond donors (Lipinski definition) is 0. The lowest BCUT2D eigenvalue weighted by Gasteiger charge is -2.12. The average molecular weight is 359 g/mol. The van der Waals surface area contributed by atoms with Crippen LogP contribution >= 0.6 is 38.9 Å². The van der Waals surface area contributed by atoms with Gasteiger partial charge in [0, 0.05) is 11.3 Å². The minimum atomic E-state index is 0.484. The van der Waals surface area contributed by atoms with Crippen molar-refractivity contribution in [2.45, 2.75) is 38.5 Å². The standard InChI is InChI=1S/C13H13BrClN3S/c1-7-16-9(6-19-7)13-17-11(8-4-2-3-5-8)10(14)12(15)18-13/h6,8H,2-5H2,1H3. The molecule has 0 amide bonds. The van der Waals surface area contributed by atoms with Crippen LogP contribution in [0, 0.1) is 6.92 Å². The van der Waals surface area contributed by atoms with Gasteiger partial charge in [0.1, 0.15) is 10.8 Å². The van der Waals surface area contributed by atoms with Crippen LogP contribution in [0.2, 0.25) is 5.15 Å². The van der Waals surface area contributed by atoms with Crippen LogP contribution < -0.4 is 0 Å². The summed E-state index contributed by atoms with van der Waals surface area (Å²) in [5.74, 6) is 1.13. The van der Waals surface area contributed by atoms with E-state index in [1.807, 2.05) is 12.3 Å². The Bertz CT molecular complexity index is 608. The van der Waals surface area contributed by atoms with Crippen LogP contribution in [0.5, 0.6) is 0 Å². The molecule has 19 heavy (non-hydrogen) atoms. The van der Waals surface area contributed by atoms with Crippen molar-refractivity contribution >= 4 is 38.9 Å². The topological polar surface area (TPSA) is 38.7 Å². The van der Waals surface area contributed by atoms with Gasteiger partial charge >= 0.3 is 0 Å². The van der Waals surface area contributed by atoms with Crippen LogP contribution in [-0.4, -0.2) is 15.0 Å². The van der Waals surface area contributed by atoms with Crippen molar-refractivity contribution in [3.8, 4) is 11.5 Å². The van der Waals surface area contributed by atoms with Crippen molar-refractivity contribution in [2.75, 3.05) is 0 Å². The number of thiazole rings is 1. The highest BCUT2D eigenvalue weighted by molar-refractivity contribution is 9.10. The van der Waals surface area contributed by atoms with Crippen molar-refractivity contribution < 1.29 is 0 Å². The molecular weight excluding hydrogens is 346 g/mol. The zero-order valence-corrected chi connectivity index (χ0v) is 13.6. The Morgan fingerprint density at radius 2 is 2.00 bits per heavy atom. The maximum absolute atomic E-state index is 6.23. The molecule has 100 valence electrons. The van der Waals surface area contributed by atoms with E-state index in [1.54, 1.807) is 11.3 Å². The first-order chi connectivity index (χ1) is 9.15. The largest absolute Gasteiger partial charge is 0.238 e. The average Bonchev–Trinajstić information content (AvgIpc) is 3.03. The minimum Gasteiger partial charge on any atom is -0.238 e. The van der Waals surface area contributed by atoms with Crippen molar-refractivity contribution in [1.29, 1.82) is 0 Å². The smallest absolute Gasteiger partial charge is 0.180 e. The van der Waals surface area contributed by atoms with E-state index in [2.05, 4.69) is 25.9 Å². The number of nitrogens with zero attached hydrogens (tertiary/aromatic N) is 3. The molecule has 0 spiro atoms. The number of rotatable bonds is 2. The first-order valence-electron chi connectivity index (χ1n) is 6.30. The molecule has 6 heteroatoms. The van der Waals surface area contributed by atoms with Gasteiger partial charge in [0.25, 0.3) is 0 Å². The lowest BCUT2D eigenvalue weighted by atomic mass is 10.0. The van der Waals surface area contributed by atoms with E-state index in [0.717, 1.165) is 20.9 Å². The fourth-order valence-electron chi connectivity index (χ4n) is 2.49. The Labute approximate surface area is 129 Å². The highest BCUT2D eigenvalue weighted by Gasteiger charge is 2.24. The molecule has 3 rings (SSSR count). The predicted octanol–water partition coefficient (Wildman–Crippen LogP) is 4.98. The molecule has 1 aliphatic carbocycles. The number of aryl methyl sites for hydroxylation is 1. The summed E-state index contributed by atoms with van der Waals surface area (Å²) in [6.07, 6.45) is 4.90. The molecule has 2 heterocycles. The van der Waals surface area contributed by atoms with Gasteiger partial charge in [-0.25, -0.2) is 15.0 Å². The van der Waals surface area contributed by atoms with E-state index in [1.165, 1.54) is 25.7 Å². The molecule has 0 aliphatic heterocycles. The minimum absolute atomic E-state index is 0.484. The Morgan fingerprint density at radius 1 is 1.26 bits per heavy atom. The van der Waals surface area contributed by atoms with E-state index in [-0.39, 0.29) is 0 Å². The summed E-state index contributed by atoms with van der Waals surface area (Å²) in [5.41, 5.74) is 1.86. The molecule has 0 aromatic carbocycles. The Balaban J connectivity index is 2.06. The molecule has 0 saturated heterocycles. The molecule has 3 nitrogen and oxygen atoms in total. The van der Waals surface area contributed by atoms with Gasteiger partial charge in [0.05, 0.1) is 15.2 Å². The molecule has 0 atom stereocenters. The van der Waals surface area contributed by atoms with Crippen LogP contribution in [0.1, 0.15) is 42.3 Å². The monoisotopic (exact) mass is 357 g/mol. The Morgan fingerprint density at radius 3 is 2.63 bits per heavy atom. The quantitative estimate of drug-likeness (QED) is 0.710. The van der Waals surface area contributed by atoms with Gasteiger partial charge in [-0.05, 0) is 35.7 Å². The third-order valence-corrected chi connectivity index (χ3v) is 5.48. The first-order valence-corrected chi connectivity index (χ1v) is 8.35. The second-order valence-corrected chi connectivity index (χ2v) is 6.98. The maximum Gasteiger partial charge on any atom is 0.180 e. The fourth-order valence-corrected chi connectivity index (χ4v) is 3.76. The molecule has 2 aromatic heterocycles. The zero-order chi connectivity index (χ0) is 13.4. The summed E-state index contributed by atoms with van der Waals surface area (Å²) >= 11 is 11.4. The van der Waals surface area contributed by atoms with E-state index in [0.29, 0.717) is 16.9 Å². The van der Waals surface area contributed by atoms with Crippen molar-refractivity contribution in [3.05, 3.63) is 25.7 Å². The molecule has 0 radical (unpaired) electrons. The van der Waals surface area contributed by atoms with E-state index in [9.17, 15) is 0 Å². The highest BCUT2D eigenvalue weighted by Crippen LogP contribution is 2.39. The lowest BCUT2D eigenvalue weighted by molar-refractivity contribution is 0.690.